The van der Waals surface area contributed by atoms with Gasteiger partial charge in [-0.2, -0.15) is 0 Å². The van der Waals surface area contributed by atoms with Crippen molar-refractivity contribution >= 4 is 17.8 Å². The molecule has 1 aliphatic rings. The molecule has 1 aliphatic heterocycles. The number of esters is 1. The molecular weight excluding hydrogens is 408 g/mol. The van der Waals surface area contributed by atoms with E-state index in [-0.39, 0.29) is 30.9 Å². The maximum atomic E-state index is 13.3. The zero-order chi connectivity index (χ0) is 22.9. The number of pyridine rings is 2. The summed E-state index contributed by atoms with van der Waals surface area (Å²) >= 11 is 0. The van der Waals surface area contributed by atoms with Gasteiger partial charge >= 0.3 is 5.97 Å². The van der Waals surface area contributed by atoms with Gasteiger partial charge in [-0.3, -0.25) is 34.4 Å². The van der Waals surface area contributed by atoms with Crippen LogP contribution < -0.4 is 0 Å². The van der Waals surface area contributed by atoms with Crippen LogP contribution in [0.1, 0.15) is 50.2 Å². The zero-order valence-corrected chi connectivity index (χ0v) is 18.6. The minimum absolute atomic E-state index is 0.0304. The van der Waals surface area contributed by atoms with Gasteiger partial charge in [0.25, 0.3) is 0 Å². The summed E-state index contributed by atoms with van der Waals surface area (Å²) in [5.74, 6) is -1.69. The van der Waals surface area contributed by atoms with E-state index in [1.54, 1.807) is 43.8 Å². The Balaban J connectivity index is 1.76. The fourth-order valence-electron chi connectivity index (χ4n) is 4.04. The van der Waals surface area contributed by atoms with E-state index in [4.69, 9.17) is 4.74 Å². The molecule has 0 bridgehead atoms. The summed E-state index contributed by atoms with van der Waals surface area (Å²) in [5, 5.41) is 2.92. The van der Waals surface area contributed by atoms with E-state index in [1.165, 1.54) is 16.9 Å². The van der Waals surface area contributed by atoms with Crippen molar-refractivity contribution in [2.75, 3.05) is 19.7 Å². The first-order valence-electron chi connectivity index (χ1n) is 11.1. The quantitative estimate of drug-likeness (QED) is 0.559. The monoisotopic (exact) mass is 438 g/mol. The molecule has 0 radical (unpaired) electrons. The topological polar surface area (TPSA) is 92.7 Å². The molecule has 2 amide bonds. The molecule has 2 atom stereocenters. The molecule has 8 heteroatoms. The maximum absolute atomic E-state index is 13.3. The summed E-state index contributed by atoms with van der Waals surface area (Å²) in [5.41, 5.74) is 1.78. The highest BCUT2D eigenvalue weighted by atomic mass is 16.5. The van der Waals surface area contributed by atoms with E-state index in [2.05, 4.69) is 9.97 Å². The number of hydrazine groups is 1. The van der Waals surface area contributed by atoms with Crippen molar-refractivity contribution in [3.8, 4) is 0 Å². The molecule has 8 nitrogen and oxygen atoms in total. The van der Waals surface area contributed by atoms with Crippen LogP contribution in [0.15, 0.2) is 49.1 Å². The Labute approximate surface area is 188 Å². The van der Waals surface area contributed by atoms with Crippen LogP contribution in [0.25, 0.3) is 0 Å². The van der Waals surface area contributed by atoms with Crippen LogP contribution >= 0.6 is 0 Å². The average molecular weight is 439 g/mol. The minimum atomic E-state index is -0.724. The zero-order valence-electron chi connectivity index (χ0n) is 18.6. The van der Waals surface area contributed by atoms with Gasteiger partial charge in [-0.25, -0.2) is 0 Å². The lowest BCUT2D eigenvalue weighted by molar-refractivity contribution is -0.171. The van der Waals surface area contributed by atoms with E-state index in [0.717, 1.165) is 24.8 Å². The van der Waals surface area contributed by atoms with E-state index < -0.39 is 11.9 Å². The van der Waals surface area contributed by atoms with Gasteiger partial charge in [0.15, 0.2) is 0 Å². The Hall–Kier alpha value is -3.29. The summed E-state index contributed by atoms with van der Waals surface area (Å²) < 4.78 is 5.25. The van der Waals surface area contributed by atoms with E-state index in [9.17, 15) is 14.4 Å². The van der Waals surface area contributed by atoms with Crippen molar-refractivity contribution < 1.29 is 19.1 Å². The second kappa shape index (κ2) is 11.4. The van der Waals surface area contributed by atoms with Crippen molar-refractivity contribution in [1.82, 2.24) is 20.0 Å². The second-order valence-electron chi connectivity index (χ2n) is 7.89. The van der Waals surface area contributed by atoms with Crippen LogP contribution in [-0.4, -0.2) is 57.5 Å². The highest BCUT2D eigenvalue weighted by Crippen LogP contribution is 2.26. The largest absolute Gasteiger partial charge is 0.465 e. The van der Waals surface area contributed by atoms with E-state index in [0.29, 0.717) is 18.5 Å². The molecule has 1 unspecified atom stereocenters. The van der Waals surface area contributed by atoms with Gasteiger partial charge in [0, 0.05) is 44.2 Å². The van der Waals surface area contributed by atoms with Crippen LogP contribution in [0.5, 0.6) is 0 Å². The lowest BCUT2D eigenvalue weighted by Crippen LogP contribution is -2.55. The van der Waals surface area contributed by atoms with Crippen molar-refractivity contribution in [1.29, 1.82) is 0 Å². The van der Waals surface area contributed by atoms with Gasteiger partial charge in [0.05, 0.1) is 13.2 Å². The normalized spacial score (nSPS) is 17.0. The Morgan fingerprint density at radius 2 is 2.00 bits per heavy atom. The number of nitrogens with zero attached hydrogens (tertiary/aromatic N) is 4. The molecule has 2 aromatic rings. The third kappa shape index (κ3) is 5.90. The predicted octanol–water partition coefficient (Wildman–Crippen LogP) is 2.76. The molecule has 1 fully saturated rings. The minimum Gasteiger partial charge on any atom is -0.465 e. The number of ether oxygens (including phenoxy) is 1. The number of rotatable bonds is 9. The van der Waals surface area contributed by atoms with Crippen LogP contribution in [0.4, 0.5) is 0 Å². The first-order valence-corrected chi connectivity index (χ1v) is 11.1. The van der Waals surface area contributed by atoms with Crippen molar-refractivity contribution in [2.45, 2.75) is 45.4 Å². The van der Waals surface area contributed by atoms with Crippen molar-refractivity contribution in [3.63, 3.8) is 0 Å². The number of aryl methyl sites for hydroxylation is 1. The van der Waals surface area contributed by atoms with Crippen LogP contribution in [0.2, 0.25) is 0 Å². The first kappa shape index (κ1) is 23.4. The summed E-state index contributed by atoms with van der Waals surface area (Å²) in [6, 6.07) is 7.42. The number of carbonyl (C=O) groups is 3. The van der Waals surface area contributed by atoms with Gasteiger partial charge in [0.2, 0.25) is 11.8 Å². The summed E-state index contributed by atoms with van der Waals surface area (Å²) in [6.07, 6.45) is 9.77. The number of hydrogen-bond acceptors (Lipinski definition) is 6. The fraction of sp³-hybridized carbons (Fsp3) is 0.458. The molecule has 2 aromatic heterocycles. The van der Waals surface area contributed by atoms with Crippen molar-refractivity contribution in [3.05, 3.63) is 60.2 Å². The summed E-state index contributed by atoms with van der Waals surface area (Å²) in [7, 11) is 0. The van der Waals surface area contributed by atoms with Crippen LogP contribution in [-0.2, 0) is 25.5 Å². The Bertz CT molecular complexity index is 907. The first-order chi connectivity index (χ1) is 15.5. The second-order valence-corrected chi connectivity index (χ2v) is 7.89. The highest BCUT2D eigenvalue weighted by Gasteiger charge is 2.36. The van der Waals surface area contributed by atoms with Crippen molar-refractivity contribution in [2.24, 2.45) is 5.92 Å². The molecule has 170 valence electrons. The Morgan fingerprint density at radius 1 is 1.22 bits per heavy atom. The number of amides is 2. The SMILES string of the molecule is CCOC(=O)C(CN(C(C)=O)N1CCC[C@H](CCc2ccncc2)C1=O)c1cccnc1. The van der Waals surface area contributed by atoms with Crippen LogP contribution in [0, 0.1) is 5.92 Å². The number of hydrogen-bond donors (Lipinski definition) is 0. The fourth-order valence-corrected chi connectivity index (χ4v) is 4.04. The molecule has 3 heterocycles. The standard InChI is InChI=1S/C24H30N4O4/c1-3-32-24(31)22(21-6-4-12-26-16-21)17-28(18(2)29)27-15-5-7-20(23(27)30)9-8-19-10-13-25-14-11-19/h4,6,10-14,16,20,22H,3,5,7-9,15,17H2,1-2H3/t20-,22?/m1/s1. The molecule has 0 spiro atoms. The smallest absolute Gasteiger partial charge is 0.315 e. The number of carbonyl (C=O) groups excluding carboxylic acids is 3. The molecule has 1 saturated heterocycles. The van der Waals surface area contributed by atoms with E-state index >= 15 is 0 Å². The number of piperidine rings is 1. The van der Waals surface area contributed by atoms with Gasteiger partial charge in [0.1, 0.15) is 5.92 Å². The van der Waals surface area contributed by atoms with Gasteiger partial charge in [-0.1, -0.05) is 6.07 Å². The molecule has 32 heavy (non-hydrogen) atoms. The molecule has 0 aliphatic carbocycles. The third-order valence-electron chi connectivity index (χ3n) is 5.73. The summed E-state index contributed by atoms with van der Waals surface area (Å²) in [6.45, 7) is 3.87. The lowest BCUT2D eigenvalue weighted by atomic mass is 9.91. The molecule has 0 saturated carbocycles. The maximum Gasteiger partial charge on any atom is 0.315 e. The molecular formula is C24H30N4O4. The third-order valence-corrected chi connectivity index (χ3v) is 5.73. The van der Waals surface area contributed by atoms with E-state index in [1.807, 2.05) is 12.1 Å². The molecule has 3 rings (SSSR count). The average Bonchev–Trinajstić information content (AvgIpc) is 2.80. The lowest BCUT2D eigenvalue weighted by Gasteiger charge is -2.40. The number of aromatic nitrogens is 2. The Kier molecular flexibility index (Phi) is 8.30. The predicted molar refractivity (Wildman–Crippen MR) is 118 cm³/mol. The molecule has 0 N–H and O–H groups in total. The van der Waals surface area contributed by atoms with Gasteiger partial charge in [-0.05, 0) is 61.9 Å². The Morgan fingerprint density at radius 3 is 2.66 bits per heavy atom. The summed E-state index contributed by atoms with van der Waals surface area (Å²) in [4.78, 5) is 46.7. The van der Waals surface area contributed by atoms with Gasteiger partial charge < -0.3 is 4.74 Å². The van der Waals surface area contributed by atoms with Crippen LogP contribution in [0.3, 0.4) is 0 Å². The molecule has 0 aromatic carbocycles. The highest BCUT2D eigenvalue weighted by molar-refractivity contribution is 5.84. The van der Waals surface area contributed by atoms with Gasteiger partial charge in [-0.15, -0.1) is 0 Å².